The average Bonchev–Trinajstić information content (AvgIpc) is 2.93. The van der Waals surface area contributed by atoms with Crippen molar-refractivity contribution in [3.63, 3.8) is 0 Å². The number of aryl methyl sites for hydroxylation is 1. The number of nitrogens with zero attached hydrogens (tertiary/aromatic N) is 4. The quantitative estimate of drug-likeness (QED) is 0.868. The Labute approximate surface area is 131 Å². The Morgan fingerprint density at radius 3 is 2.68 bits per heavy atom. The SMILES string of the molecule is CC(=O)N1CCN(Cc2nccn2C)C[C@H]1c1ccccc1. The van der Waals surface area contributed by atoms with Crippen LogP contribution >= 0.6 is 0 Å². The summed E-state index contributed by atoms with van der Waals surface area (Å²) in [7, 11) is 2.02. The van der Waals surface area contributed by atoms with Crippen LogP contribution in [-0.4, -0.2) is 44.9 Å². The predicted molar refractivity (Wildman–Crippen MR) is 85.1 cm³/mol. The van der Waals surface area contributed by atoms with Crippen molar-refractivity contribution in [2.75, 3.05) is 19.6 Å². The van der Waals surface area contributed by atoms with E-state index in [4.69, 9.17) is 0 Å². The van der Waals surface area contributed by atoms with E-state index in [2.05, 4.69) is 26.6 Å². The maximum absolute atomic E-state index is 12.0. The molecule has 22 heavy (non-hydrogen) atoms. The Bertz CT molecular complexity index is 637. The molecule has 0 aliphatic carbocycles. The van der Waals surface area contributed by atoms with E-state index in [1.807, 2.05) is 42.5 Å². The van der Waals surface area contributed by atoms with Gasteiger partial charge >= 0.3 is 0 Å². The number of carbonyl (C=O) groups is 1. The van der Waals surface area contributed by atoms with Gasteiger partial charge in [-0.05, 0) is 5.56 Å². The second-order valence-corrected chi connectivity index (χ2v) is 5.83. The lowest BCUT2D eigenvalue weighted by Crippen LogP contribution is -2.49. The zero-order chi connectivity index (χ0) is 15.5. The number of benzene rings is 1. The van der Waals surface area contributed by atoms with Gasteiger partial charge in [0.2, 0.25) is 5.91 Å². The molecule has 1 aromatic heterocycles. The van der Waals surface area contributed by atoms with Crippen LogP contribution < -0.4 is 0 Å². The predicted octanol–water partition coefficient (Wildman–Crippen LogP) is 1.83. The van der Waals surface area contributed by atoms with Crippen molar-refractivity contribution in [3.05, 3.63) is 54.1 Å². The number of imidazole rings is 1. The summed E-state index contributed by atoms with van der Waals surface area (Å²) >= 11 is 0. The molecule has 3 rings (SSSR count). The first-order valence-corrected chi connectivity index (χ1v) is 7.66. The van der Waals surface area contributed by atoms with Crippen LogP contribution in [0.3, 0.4) is 0 Å². The summed E-state index contributed by atoms with van der Waals surface area (Å²) in [6.45, 7) is 4.97. The first kappa shape index (κ1) is 14.8. The molecule has 0 bridgehead atoms. The van der Waals surface area contributed by atoms with Gasteiger partial charge in [-0.3, -0.25) is 9.69 Å². The topological polar surface area (TPSA) is 41.4 Å². The molecule has 2 heterocycles. The first-order valence-electron chi connectivity index (χ1n) is 7.66. The van der Waals surface area contributed by atoms with Crippen molar-refractivity contribution >= 4 is 5.91 Å². The number of piperazine rings is 1. The third-order valence-corrected chi connectivity index (χ3v) is 4.34. The van der Waals surface area contributed by atoms with Gasteiger partial charge in [0, 0.05) is 46.0 Å². The van der Waals surface area contributed by atoms with Crippen LogP contribution in [0.15, 0.2) is 42.7 Å². The Balaban J connectivity index is 1.78. The van der Waals surface area contributed by atoms with Crippen LogP contribution in [0.5, 0.6) is 0 Å². The Hall–Kier alpha value is -2.14. The van der Waals surface area contributed by atoms with Crippen LogP contribution in [0.4, 0.5) is 0 Å². The van der Waals surface area contributed by atoms with E-state index in [0.29, 0.717) is 0 Å². The minimum atomic E-state index is 0.118. The maximum atomic E-state index is 12.0. The molecule has 1 atom stereocenters. The van der Waals surface area contributed by atoms with E-state index < -0.39 is 0 Å². The molecular formula is C17H22N4O. The monoisotopic (exact) mass is 298 g/mol. The zero-order valence-corrected chi connectivity index (χ0v) is 13.1. The van der Waals surface area contributed by atoms with Crippen LogP contribution in [0, 0.1) is 0 Å². The summed E-state index contributed by atoms with van der Waals surface area (Å²) in [6.07, 6.45) is 3.80. The molecule has 2 aromatic rings. The van der Waals surface area contributed by atoms with Crippen LogP contribution in [0.25, 0.3) is 0 Å². The van der Waals surface area contributed by atoms with Gasteiger partial charge in [0.25, 0.3) is 0 Å². The van der Waals surface area contributed by atoms with Crippen molar-refractivity contribution in [3.8, 4) is 0 Å². The summed E-state index contributed by atoms with van der Waals surface area (Å²) in [4.78, 5) is 20.7. The van der Waals surface area contributed by atoms with E-state index in [9.17, 15) is 4.79 Å². The summed E-state index contributed by atoms with van der Waals surface area (Å²) in [6, 6.07) is 10.4. The van der Waals surface area contributed by atoms with Crippen molar-refractivity contribution in [1.29, 1.82) is 0 Å². The minimum Gasteiger partial charge on any atom is -0.337 e. The second kappa shape index (κ2) is 6.32. The highest BCUT2D eigenvalue weighted by Crippen LogP contribution is 2.26. The summed E-state index contributed by atoms with van der Waals surface area (Å²) in [5.74, 6) is 1.20. The highest BCUT2D eigenvalue weighted by molar-refractivity contribution is 5.74. The van der Waals surface area contributed by atoms with Gasteiger partial charge in [0.05, 0.1) is 12.6 Å². The number of rotatable bonds is 3. The van der Waals surface area contributed by atoms with Gasteiger partial charge in [0.1, 0.15) is 5.82 Å². The number of carbonyl (C=O) groups excluding carboxylic acids is 1. The van der Waals surface area contributed by atoms with Gasteiger partial charge in [-0.15, -0.1) is 0 Å². The maximum Gasteiger partial charge on any atom is 0.220 e. The van der Waals surface area contributed by atoms with Crippen LogP contribution in [-0.2, 0) is 18.4 Å². The molecule has 1 amide bonds. The Morgan fingerprint density at radius 2 is 2.05 bits per heavy atom. The van der Waals surface area contributed by atoms with Crippen molar-refractivity contribution < 1.29 is 4.79 Å². The van der Waals surface area contributed by atoms with Crippen molar-refractivity contribution in [1.82, 2.24) is 19.4 Å². The molecule has 0 spiro atoms. The van der Waals surface area contributed by atoms with Gasteiger partial charge < -0.3 is 9.47 Å². The molecule has 0 saturated carbocycles. The normalized spacial score (nSPS) is 19.4. The van der Waals surface area contributed by atoms with Gasteiger partial charge in [0.15, 0.2) is 0 Å². The fourth-order valence-corrected chi connectivity index (χ4v) is 3.07. The number of aromatic nitrogens is 2. The van der Waals surface area contributed by atoms with Crippen molar-refractivity contribution in [2.24, 2.45) is 7.05 Å². The van der Waals surface area contributed by atoms with Crippen LogP contribution in [0.2, 0.25) is 0 Å². The number of hydrogen-bond acceptors (Lipinski definition) is 3. The molecule has 1 fully saturated rings. The number of amides is 1. The Kier molecular flexibility index (Phi) is 4.24. The van der Waals surface area contributed by atoms with E-state index in [0.717, 1.165) is 32.0 Å². The summed E-state index contributed by atoms with van der Waals surface area (Å²) in [5.41, 5.74) is 1.20. The lowest BCUT2D eigenvalue weighted by atomic mass is 10.0. The molecule has 5 heteroatoms. The first-order chi connectivity index (χ1) is 10.6. The Morgan fingerprint density at radius 1 is 1.27 bits per heavy atom. The molecule has 5 nitrogen and oxygen atoms in total. The smallest absolute Gasteiger partial charge is 0.220 e. The van der Waals surface area contributed by atoms with E-state index in [1.165, 1.54) is 5.56 Å². The number of hydrogen-bond donors (Lipinski definition) is 0. The summed E-state index contributed by atoms with van der Waals surface area (Å²) < 4.78 is 2.05. The second-order valence-electron chi connectivity index (χ2n) is 5.83. The molecule has 1 aromatic carbocycles. The zero-order valence-electron chi connectivity index (χ0n) is 13.1. The standard InChI is InChI=1S/C17H22N4O/c1-14(22)21-11-10-20(13-17-18-8-9-19(17)2)12-16(21)15-6-4-3-5-7-15/h3-9,16H,10-13H2,1-2H3/t16-/m0/s1. The largest absolute Gasteiger partial charge is 0.337 e. The average molecular weight is 298 g/mol. The molecule has 1 saturated heterocycles. The molecule has 1 aliphatic rings. The molecule has 0 radical (unpaired) electrons. The fourth-order valence-electron chi connectivity index (χ4n) is 3.07. The molecular weight excluding hydrogens is 276 g/mol. The van der Waals surface area contributed by atoms with E-state index in [1.54, 1.807) is 6.92 Å². The third-order valence-electron chi connectivity index (χ3n) is 4.34. The van der Waals surface area contributed by atoms with Gasteiger partial charge in [-0.2, -0.15) is 0 Å². The highest BCUT2D eigenvalue weighted by Gasteiger charge is 2.30. The fraction of sp³-hybridized carbons (Fsp3) is 0.412. The lowest BCUT2D eigenvalue weighted by molar-refractivity contribution is -0.134. The molecule has 116 valence electrons. The van der Waals surface area contributed by atoms with E-state index in [-0.39, 0.29) is 11.9 Å². The van der Waals surface area contributed by atoms with Gasteiger partial charge in [-0.25, -0.2) is 4.98 Å². The van der Waals surface area contributed by atoms with Gasteiger partial charge in [-0.1, -0.05) is 30.3 Å². The lowest BCUT2D eigenvalue weighted by Gasteiger charge is -2.41. The molecule has 0 unspecified atom stereocenters. The van der Waals surface area contributed by atoms with E-state index >= 15 is 0 Å². The minimum absolute atomic E-state index is 0.118. The van der Waals surface area contributed by atoms with Crippen molar-refractivity contribution in [2.45, 2.75) is 19.5 Å². The van der Waals surface area contributed by atoms with Crippen LogP contribution in [0.1, 0.15) is 24.4 Å². The summed E-state index contributed by atoms with van der Waals surface area (Å²) in [5, 5.41) is 0. The third kappa shape index (κ3) is 3.04. The molecule has 0 N–H and O–H groups in total. The molecule has 1 aliphatic heterocycles. The highest BCUT2D eigenvalue weighted by atomic mass is 16.2.